The second-order valence-corrected chi connectivity index (χ2v) is 2.23. The number of hydrogen-bond donors (Lipinski definition) is 1. The van der Waals surface area contributed by atoms with E-state index in [2.05, 4.69) is 36.8 Å². The molecule has 0 aliphatic rings. The van der Waals surface area contributed by atoms with Gasteiger partial charge in [-0.05, 0) is 10.4 Å². The highest BCUT2D eigenvalue weighted by atomic mass is 79.9. The van der Waals surface area contributed by atoms with E-state index in [1.807, 2.05) is 0 Å². The van der Waals surface area contributed by atoms with Gasteiger partial charge in [-0.25, -0.2) is 9.02 Å². The van der Waals surface area contributed by atoms with Crippen LogP contribution in [0.3, 0.4) is 0 Å². The van der Waals surface area contributed by atoms with Gasteiger partial charge < -0.3 is 0 Å². The third kappa shape index (κ3) is 1.29. The van der Waals surface area contributed by atoms with Crippen molar-refractivity contribution in [3.05, 3.63) is 0 Å². The van der Waals surface area contributed by atoms with Gasteiger partial charge in [0.05, 0.1) is 16.1 Å². The number of aromatic nitrogens is 4. The van der Waals surface area contributed by atoms with Crippen molar-refractivity contribution in [3.63, 3.8) is 0 Å². The maximum atomic E-state index is 10.6. The number of aromatic amines is 1. The van der Waals surface area contributed by atoms with Gasteiger partial charge in [-0.1, -0.05) is 5.10 Å². The van der Waals surface area contributed by atoms with Crippen LogP contribution in [-0.4, -0.2) is 26.5 Å². The third-order valence-electron chi connectivity index (χ3n) is 0.797. The molecule has 1 aromatic rings. The lowest BCUT2D eigenvalue weighted by Crippen LogP contribution is -2.16. The molecule has 1 rings (SSSR count). The lowest BCUT2D eigenvalue weighted by atomic mass is 10.7. The Morgan fingerprint density at radius 1 is 1.80 bits per heavy atom. The molecule has 0 unspecified atom stereocenters. The van der Waals surface area contributed by atoms with E-state index in [-0.39, 0.29) is 11.9 Å². The first-order valence-corrected chi connectivity index (χ1v) is 3.13. The summed E-state index contributed by atoms with van der Waals surface area (Å²) in [5.74, 6) is 0.0750. The molecule has 0 atom stereocenters. The highest BCUT2D eigenvalue weighted by Crippen LogP contribution is 2.07. The first-order valence-electron chi connectivity index (χ1n) is 2.42. The molecule has 0 saturated carbocycles. The monoisotopic (exact) mass is 205 g/mol. The predicted octanol–water partition coefficient (Wildman–Crippen LogP) is -0.138. The third-order valence-corrected chi connectivity index (χ3v) is 1.63. The van der Waals surface area contributed by atoms with Gasteiger partial charge in [-0.3, -0.25) is 4.79 Å². The number of carbonyl (C=O) groups excluding carboxylic acids is 1. The van der Waals surface area contributed by atoms with Crippen molar-refractivity contribution in [2.24, 2.45) is 0 Å². The summed E-state index contributed by atoms with van der Waals surface area (Å²) in [5.41, 5.74) is 0. The van der Waals surface area contributed by atoms with Crippen LogP contribution in [0.4, 0.5) is 5.95 Å². The van der Waals surface area contributed by atoms with Gasteiger partial charge in [-0.15, -0.1) is 0 Å². The fourth-order valence-corrected chi connectivity index (χ4v) is 0.537. The van der Waals surface area contributed by atoms with Crippen LogP contribution in [-0.2, 0) is 4.79 Å². The van der Waals surface area contributed by atoms with E-state index in [9.17, 15) is 4.79 Å². The van der Waals surface area contributed by atoms with E-state index in [4.69, 9.17) is 0 Å². The summed E-state index contributed by atoms with van der Waals surface area (Å²) in [4.78, 5) is 10.6. The Balaban J connectivity index is 2.77. The first kappa shape index (κ1) is 7.13. The number of rotatable bonds is 1. The molecule has 0 fully saturated rings. The highest BCUT2D eigenvalue weighted by molar-refractivity contribution is 9.10. The van der Waals surface area contributed by atoms with Crippen LogP contribution in [0, 0.1) is 0 Å². The standard InChI is InChI=1S/C3H4BrN5O/c1-2(10)9(4)3-5-7-8-6-3/h1H3,(H,5,6,7,8). The molecular formula is C3H4BrN5O. The topological polar surface area (TPSA) is 74.8 Å². The van der Waals surface area contributed by atoms with Crippen molar-refractivity contribution in [2.45, 2.75) is 6.92 Å². The number of H-pyrrole nitrogens is 1. The normalized spacial score (nSPS) is 9.40. The molecule has 0 aliphatic heterocycles. The SMILES string of the molecule is CC(=O)N(Br)c1nnn[nH]1. The lowest BCUT2D eigenvalue weighted by molar-refractivity contribution is -0.115. The van der Waals surface area contributed by atoms with E-state index in [1.165, 1.54) is 6.92 Å². The maximum absolute atomic E-state index is 10.6. The lowest BCUT2D eigenvalue weighted by Gasteiger charge is -2.03. The maximum Gasteiger partial charge on any atom is 0.259 e. The molecule has 7 heteroatoms. The van der Waals surface area contributed by atoms with Crippen LogP contribution in [0.2, 0.25) is 0 Å². The van der Waals surface area contributed by atoms with E-state index < -0.39 is 0 Å². The fourth-order valence-electron chi connectivity index (χ4n) is 0.386. The van der Waals surface area contributed by atoms with Crippen LogP contribution < -0.4 is 3.93 Å². The summed E-state index contributed by atoms with van der Waals surface area (Å²) in [6.45, 7) is 1.39. The molecule has 0 aromatic carbocycles. The second kappa shape index (κ2) is 2.74. The summed E-state index contributed by atoms with van der Waals surface area (Å²) in [6, 6.07) is 0. The molecule has 1 amide bonds. The first-order chi connectivity index (χ1) is 4.72. The number of tetrazole rings is 1. The molecule has 0 aliphatic carbocycles. The van der Waals surface area contributed by atoms with Gasteiger partial charge in [0.15, 0.2) is 0 Å². The Hall–Kier alpha value is -0.980. The average molecular weight is 206 g/mol. The summed E-state index contributed by atoms with van der Waals surface area (Å²) >= 11 is 2.94. The molecule has 1 heterocycles. The summed E-state index contributed by atoms with van der Waals surface area (Å²) in [7, 11) is 0. The number of carbonyl (C=O) groups is 1. The highest BCUT2D eigenvalue weighted by Gasteiger charge is 2.09. The van der Waals surface area contributed by atoms with Crippen LogP contribution in [0.25, 0.3) is 0 Å². The molecule has 1 aromatic heterocycles. The predicted molar refractivity (Wildman–Crippen MR) is 36.3 cm³/mol. The Bertz CT molecular complexity index is 221. The number of anilines is 1. The van der Waals surface area contributed by atoms with Crippen LogP contribution in [0.15, 0.2) is 0 Å². The molecule has 0 bridgehead atoms. The van der Waals surface area contributed by atoms with E-state index in [0.717, 1.165) is 3.93 Å². The van der Waals surface area contributed by atoms with Crippen molar-refractivity contribution in [1.82, 2.24) is 20.6 Å². The average Bonchev–Trinajstić information content (AvgIpc) is 2.36. The van der Waals surface area contributed by atoms with Crippen molar-refractivity contribution in [1.29, 1.82) is 0 Å². The van der Waals surface area contributed by atoms with Crippen LogP contribution in [0.5, 0.6) is 0 Å². The molecule has 54 valence electrons. The molecular weight excluding hydrogens is 202 g/mol. The fraction of sp³-hybridized carbons (Fsp3) is 0.333. The summed E-state index contributed by atoms with van der Waals surface area (Å²) < 4.78 is 1.13. The van der Waals surface area contributed by atoms with Crippen molar-refractivity contribution < 1.29 is 4.79 Å². The number of amides is 1. The van der Waals surface area contributed by atoms with Crippen LogP contribution in [0.1, 0.15) is 6.92 Å². The zero-order valence-electron chi connectivity index (χ0n) is 5.08. The Morgan fingerprint density at radius 2 is 2.50 bits per heavy atom. The van der Waals surface area contributed by atoms with Crippen LogP contribution >= 0.6 is 16.1 Å². The van der Waals surface area contributed by atoms with Crippen molar-refractivity contribution >= 4 is 28.0 Å². The number of nitrogens with zero attached hydrogens (tertiary/aromatic N) is 4. The van der Waals surface area contributed by atoms with E-state index in [1.54, 1.807) is 0 Å². The molecule has 0 saturated heterocycles. The quantitative estimate of drug-likeness (QED) is 0.649. The van der Waals surface area contributed by atoms with Gasteiger partial charge in [0, 0.05) is 6.92 Å². The minimum Gasteiger partial charge on any atom is -0.274 e. The van der Waals surface area contributed by atoms with Gasteiger partial charge in [-0.2, -0.15) is 0 Å². The molecule has 1 N–H and O–H groups in total. The van der Waals surface area contributed by atoms with Gasteiger partial charge in [0.25, 0.3) is 5.95 Å². The molecule has 6 nitrogen and oxygen atoms in total. The summed E-state index contributed by atoms with van der Waals surface area (Å²) in [5, 5.41) is 12.4. The van der Waals surface area contributed by atoms with E-state index >= 15 is 0 Å². The van der Waals surface area contributed by atoms with Gasteiger partial charge in [0.2, 0.25) is 5.91 Å². The van der Waals surface area contributed by atoms with Gasteiger partial charge in [0.1, 0.15) is 0 Å². The Labute approximate surface area is 64.9 Å². The molecule has 10 heavy (non-hydrogen) atoms. The largest absolute Gasteiger partial charge is 0.274 e. The second-order valence-electron chi connectivity index (χ2n) is 1.52. The van der Waals surface area contributed by atoms with Crippen molar-refractivity contribution in [2.75, 3.05) is 3.93 Å². The molecule has 0 spiro atoms. The Morgan fingerprint density at radius 3 is 2.90 bits per heavy atom. The number of nitrogens with one attached hydrogen (secondary N) is 1. The number of hydrogen-bond acceptors (Lipinski definition) is 4. The van der Waals surface area contributed by atoms with Crippen molar-refractivity contribution in [3.8, 4) is 0 Å². The Kier molecular flexibility index (Phi) is 1.95. The minimum absolute atomic E-state index is 0.196. The van der Waals surface area contributed by atoms with E-state index in [0.29, 0.717) is 0 Å². The number of halogens is 1. The summed E-state index contributed by atoms with van der Waals surface area (Å²) in [6.07, 6.45) is 0. The molecule has 0 radical (unpaired) electrons. The smallest absolute Gasteiger partial charge is 0.259 e. The van der Waals surface area contributed by atoms with Gasteiger partial charge >= 0.3 is 0 Å². The zero-order valence-corrected chi connectivity index (χ0v) is 6.66. The zero-order chi connectivity index (χ0) is 7.56. The minimum atomic E-state index is -0.196.